The summed E-state index contributed by atoms with van der Waals surface area (Å²) in [7, 11) is 2.06. The summed E-state index contributed by atoms with van der Waals surface area (Å²) >= 11 is 0. The lowest BCUT2D eigenvalue weighted by Gasteiger charge is -2.31. The van der Waals surface area contributed by atoms with Crippen molar-refractivity contribution in [2.75, 3.05) is 39.8 Å². The zero-order valence-electron chi connectivity index (χ0n) is 18.3. The predicted molar refractivity (Wildman–Crippen MR) is 119 cm³/mol. The molecule has 2 aromatic rings. The first-order chi connectivity index (χ1) is 14.9. The molecule has 3 heterocycles. The summed E-state index contributed by atoms with van der Waals surface area (Å²) in [6.07, 6.45) is 3.27. The Morgan fingerprint density at radius 1 is 0.968 bits per heavy atom. The Morgan fingerprint density at radius 3 is 2.48 bits per heavy atom. The predicted octanol–water partition coefficient (Wildman–Crippen LogP) is 1.58. The molecule has 4 rings (SSSR count). The van der Waals surface area contributed by atoms with Crippen molar-refractivity contribution in [3.05, 3.63) is 69.1 Å². The average Bonchev–Trinajstić information content (AvgIpc) is 2.99. The lowest BCUT2D eigenvalue weighted by atomic mass is 9.95. The quantitative estimate of drug-likeness (QED) is 0.753. The second-order valence-electron chi connectivity index (χ2n) is 8.57. The van der Waals surface area contributed by atoms with Crippen LogP contribution in [-0.4, -0.2) is 70.9 Å². The fourth-order valence-electron chi connectivity index (χ4n) is 4.51. The molecule has 0 saturated carbocycles. The molecule has 2 amide bonds. The highest BCUT2D eigenvalue weighted by Gasteiger charge is 2.30. The minimum absolute atomic E-state index is 0.00916. The zero-order valence-corrected chi connectivity index (χ0v) is 18.3. The van der Waals surface area contributed by atoms with E-state index in [0.717, 1.165) is 36.2 Å². The van der Waals surface area contributed by atoms with E-state index in [0.29, 0.717) is 44.7 Å². The number of benzene rings is 1. The van der Waals surface area contributed by atoms with Crippen LogP contribution in [0.25, 0.3) is 0 Å². The van der Waals surface area contributed by atoms with Crippen LogP contribution in [-0.2, 0) is 24.3 Å². The molecule has 0 bridgehead atoms. The van der Waals surface area contributed by atoms with Gasteiger partial charge in [0, 0.05) is 45.8 Å². The van der Waals surface area contributed by atoms with Crippen molar-refractivity contribution >= 4 is 11.8 Å². The lowest BCUT2D eigenvalue weighted by Crippen LogP contribution is -2.43. The summed E-state index contributed by atoms with van der Waals surface area (Å²) in [6.45, 7) is 5.96. The van der Waals surface area contributed by atoms with Crippen LogP contribution in [0.3, 0.4) is 0 Å². The molecule has 0 atom stereocenters. The normalized spacial score (nSPS) is 17.2. The van der Waals surface area contributed by atoms with Crippen molar-refractivity contribution < 1.29 is 9.59 Å². The van der Waals surface area contributed by atoms with Gasteiger partial charge in [-0.05, 0) is 43.1 Å². The van der Waals surface area contributed by atoms with Crippen molar-refractivity contribution in [1.29, 1.82) is 0 Å². The van der Waals surface area contributed by atoms with Gasteiger partial charge in [0.25, 0.3) is 11.5 Å². The fraction of sp³-hybridized carbons (Fsp3) is 0.458. The Balaban J connectivity index is 1.76. The van der Waals surface area contributed by atoms with Crippen LogP contribution in [0, 0.1) is 0 Å². The number of aromatic nitrogens is 1. The third-order valence-electron chi connectivity index (χ3n) is 6.33. The number of carbonyl (C=O) groups is 2. The SMILES string of the molecule is CC(=O)N1CCc2c(cn(Cc3ccccc3)c(=O)c2C(=O)N2CCCN(C)CC2)C1. The van der Waals surface area contributed by atoms with Crippen LogP contribution in [0.1, 0.15) is 40.4 Å². The fourth-order valence-corrected chi connectivity index (χ4v) is 4.51. The maximum atomic E-state index is 13.6. The number of pyridine rings is 1. The first-order valence-electron chi connectivity index (χ1n) is 11.0. The molecule has 2 aliphatic rings. The highest BCUT2D eigenvalue weighted by Crippen LogP contribution is 2.23. The molecule has 0 unspecified atom stereocenters. The second kappa shape index (κ2) is 9.06. The van der Waals surface area contributed by atoms with E-state index in [9.17, 15) is 14.4 Å². The second-order valence-corrected chi connectivity index (χ2v) is 8.57. The van der Waals surface area contributed by atoms with Crippen molar-refractivity contribution in [1.82, 2.24) is 19.3 Å². The van der Waals surface area contributed by atoms with Gasteiger partial charge in [0.05, 0.1) is 6.54 Å². The smallest absolute Gasteiger partial charge is 0.264 e. The molecule has 1 aromatic carbocycles. The standard InChI is InChI=1S/C24H30N4O3/c1-18(29)27-12-9-21-20(16-27)17-28(15-19-7-4-3-5-8-19)24(31)22(21)23(30)26-11-6-10-25(2)13-14-26/h3-5,7-8,17H,6,9-16H2,1-2H3. The van der Waals surface area contributed by atoms with Crippen LogP contribution in [0.4, 0.5) is 0 Å². The topological polar surface area (TPSA) is 65.9 Å². The molecule has 0 N–H and O–H groups in total. The lowest BCUT2D eigenvalue weighted by molar-refractivity contribution is -0.129. The zero-order chi connectivity index (χ0) is 22.0. The van der Waals surface area contributed by atoms with E-state index in [1.54, 1.807) is 16.4 Å². The summed E-state index contributed by atoms with van der Waals surface area (Å²) in [5.41, 5.74) is 2.77. The number of nitrogens with zero attached hydrogens (tertiary/aromatic N) is 4. The number of likely N-dealkylation sites (N-methyl/N-ethyl adjacent to an activating group) is 1. The van der Waals surface area contributed by atoms with E-state index in [2.05, 4.69) is 11.9 Å². The summed E-state index contributed by atoms with van der Waals surface area (Å²) in [5, 5.41) is 0. The molecule has 0 aliphatic carbocycles. The highest BCUT2D eigenvalue weighted by atomic mass is 16.2. The highest BCUT2D eigenvalue weighted by molar-refractivity contribution is 5.96. The van der Waals surface area contributed by atoms with Gasteiger partial charge in [-0.25, -0.2) is 0 Å². The van der Waals surface area contributed by atoms with Crippen LogP contribution in [0.5, 0.6) is 0 Å². The first kappa shape index (κ1) is 21.3. The minimum Gasteiger partial charge on any atom is -0.338 e. The van der Waals surface area contributed by atoms with Crippen LogP contribution >= 0.6 is 0 Å². The van der Waals surface area contributed by atoms with Crippen molar-refractivity contribution in [3.63, 3.8) is 0 Å². The van der Waals surface area contributed by atoms with E-state index in [1.807, 2.05) is 41.4 Å². The van der Waals surface area contributed by atoms with E-state index >= 15 is 0 Å². The molecule has 0 spiro atoms. The molecule has 1 fully saturated rings. The first-order valence-corrected chi connectivity index (χ1v) is 11.0. The molecule has 164 valence electrons. The van der Waals surface area contributed by atoms with Gasteiger partial charge in [0.1, 0.15) is 5.56 Å². The van der Waals surface area contributed by atoms with Gasteiger partial charge in [-0.3, -0.25) is 14.4 Å². The number of carbonyl (C=O) groups excluding carboxylic acids is 2. The molecule has 0 radical (unpaired) electrons. The largest absolute Gasteiger partial charge is 0.338 e. The van der Waals surface area contributed by atoms with Crippen molar-refractivity contribution in [3.8, 4) is 0 Å². The number of hydrogen-bond donors (Lipinski definition) is 0. The number of hydrogen-bond acceptors (Lipinski definition) is 4. The summed E-state index contributed by atoms with van der Waals surface area (Å²) in [6, 6.07) is 9.76. The van der Waals surface area contributed by atoms with E-state index in [1.165, 1.54) is 0 Å². The van der Waals surface area contributed by atoms with E-state index in [4.69, 9.17) is 0 Å². The van der Waals surface area contributed by atoms with Gasteiger partial charge in [0.15, 0.2) is 0 Å². The van der Waals surface area contributed by atoms with Gasteiger partial charge >= 0.3 is 0 Å². The molecule has 7 nitrogen and oxygen atoms in total. The average molecular weight is 423 g/mol. The number of rotatable bonds is 3. The Kier molecular flexibility index (Phi) is 6.23. The van der Waals surface area contributed by atoms with Crippen LogP contribution in [0.2, 0.25) is 0 Å². The number of amides is 2. The monoisotopic (exact) mass is 422 g/mol. The van der Waals surface area contributed by atoms with Gasteiger partial charge in [0.2, 0.25) is 5.91 Å². The molecule has 31 heavy (non-hydrogen) atoms. The Hall–Kier alpha value is -2.93. The van der Waals surface area contributed by atoms with Crippen LogP contribution in [0.15, 0.2) is 41.3 Å². The molecule has 1 aromatic heterocycles. The number of fused-ring (bicyclic) bond motifs is 1. The molecule has 1 saturated heterocycles. The van der Waals surface area contributed by atoms with Gasteiger partial charge in [-0.15, -0.1) is 0 Å². The van der Waals surface area contributed by atoms with E-state index in [-0.39, 0.29) is 17.4 Å². The van der Waals surface area contributed by atoms with E-state index < -0.39 is 0 Å². The van der Waals surface area contributed by atoms with Crippen molar-refractivity contribution in [2.24, 2.45) is 0 Å². The molecular formula is C24H30N4O3. The Labute approximate surface area is 182 Å². The third kappa shape index (κ3) is 4.56. The summed E-state index contributed by atoms with van der Waals surface area (Å²) < 4.78 is 1.63. The third-order valence-corrected chi connectivity index (χ3v) is 6.33. The summed E-state index contributed by atoms with van der Waals surface area (Å²) in [4.78, 5) is 44.9. The maximum absolute atomic E-state index is 13.6. The maximum Gasteiger partial charge on any atom is 0.264 e. The molecule has 2 aliphatic heterocycles. The summed E-state index contributed by atoms with van der Waals surface area (Å²) in [5.74, 6) is -0.162. The Morgan fingerprint density at radius 2 is 1.74 bits per heavy atom. The molecular weight excluding hydrogens is 392 g/mol. The van der Waals surface area contributed by atoms with Crippen LogP contribution < -0.4 is 5.56 Å². The minimum atomic E-state index is -0.235. The Bertz CT molecular complexity index is 1030. The van der Waals surface area contributed by atoms with Gasteiger partial charge in [-0.2, -0.15) is 0 Å². The molecule has 7 heteroatoms. The van der Waals surface area contributed by atoms with Gasteiger partial charge in [-0.1, -0.05) is 30.3 Å². The van der Waals surface area contributed by atoms with Crippen molar-refractivity contribution in [2.45, 2.75) is 32.9 Å². The van der Waals surface area contributed by atoms with Gasteiger partial charge < -0.3 is 19.3 Å².